The first-order valence-corrected chi connectivity index (χ1v) is 6.86. The summed E-state index contributed by atoms with van der Waals surface area (Å²) in [6, 6.07) is 13.8. The van der Waals surface area contributed by atoms with E-state index < -0.39 is 28.8 Å². The van der Waals surface area contributed by atoms with Crippen molar-refractivity contribution in [3.63, 3.8) is 0 Å². The third-order valence-electron chi connectivity index (χ3n) is 3.55. The lowest BCUT2D eigenvalue weighted by molar-refractivity contribution is -0.0887. The second kappa shape index (κ2) is 5.52. The molecule has 0 fully saturated rings. The van der Waals surface area contributed by atoms with E-state index in [0.717, 1.165) is 4.57 Å². The van der Waals surface area contributed by atoms with Crippen molar-refractivity contribution in [2.45, 2.75) is 6.18 Å². The zero-order valence-electron chi connectivity index (χ0n) is 12.0. The molecule has 0 saturated heterocycles. The Morgan fingerprint density at radius 3 is 2.17 bits per heavy atom. The van der Waals surface area contributed by atoms with Crippen LogP contribution in [0.1, 0.15) is 10.4 Å². The van der Waals surface area contributed by atoms with Gasteiger partial charge in [0.2, 0.25) is 0 Å². The Bertz CT molecular complexity index is 992. The third-order valence-corrected chi connectivity index (χ3v) is 3.55. The second-order valence-electron chi connectivity index (χ2n) is 5.04. The van der Waals surface area contributed by atoms with Gasteiger partial charge in [0.15, 0.2) is 0 Å². The molecule has 0 radical (unpaired) electrons. The van der Waals surface area contributed by atoms with Crippen LogP contribution in [0.25, 0.3) is 16.6 Å². The van der Waals surface area contributed by atoms with Crippen LogP contribution in [-0.2, 0) is 0 Å². The van der Waals surface area contributed by atoms with E-state index in [1.807, 2.05) is 0 Å². The van der Waals surface area contributed by atoms with Gasteiger partial charge in [-0.3, -0.25) is 14.2 Å². The lowest BCUT2D eigenvalue weighted by Crippen LogP contribution is -2.32. The Balaban J connectivity index is 2.48. The van der Waals surface area contributed by atoms with Crippen molar-refractivity contribution in [3.05, 3.63) is 70.5 Å². The van der Waals surface area contributed by atoms with Crippen LogP contribution in [0.3, 0.4) is 0 Å². The first-order valence-electron chi connectivity index (χ1n) is 6.86. The number of benzene rings is 2. The number of aromatic hydroxyl groups is 1. The van der Waals surface area contributed by atoms with Gasteiger partial charge in [0.05, 0.1) is 5.52 Å². The van der Waals surface area contributed by atoms with Gasteiger partial charge in [0, 0.05) is 11.1 Å². The van der Waals surface area contributed by atoms with Gasteiger partial charge < -0.3 is 5.11 Å². The topological polar surface area (TPSA) is 59.3 Å². The fraction of sp³-hybridized carbons (Fsp3) is 0.0588. The van der Waals surface area contributed by atoms with Gasteiger partial charge in [0.25, 0.3) is 11.3 Å². The molecule has 1 N–H and O–H groups in total. The summed E-state index contributed by atoms with van der Waals surface area (Å²) in [6.45, 7) is 0. The Hall–Kier alpha value is -3.09. The predicted molar refractivity (Wildman–Crippen MR) is 81.6 cm³/mol. The van der Waals surface area contributed by atoms with Crippen LogP contribution in [0.5, 0.6) is 5.75 Å². The number of hydrogen-bond donors (Lipinski definition) is 1. The molecule has 0 atom stereocenters. The molecular formula is C17H10F3NO3. The van der Waals surface area contributed by atoms with Gasteiger partial charge in [-0.25, -0.2) is 0 Å². The summed E-state index contributed by atoms with van der Waals surface area (Å²) in [6.07, 6.45) is -5.27. The van der Waals surface area contributed by atoms with E-state index in [9.17, 15) is 27.9 Å². The average molecular weight is 333 g/mol. The Morgan fingerprint density at radius 1 is 0.958 bits per heavy atom. The summed E-state index contributed by atoms with van der Waals surface area (Å²) < 4.78 is 39.4. The summed E-state index contributed by atoms with van der Waals surface area (Å²) in [5.74, 6) is -3.34. The number of aromatic nitrogens is 1. The number of alkyl halides is 3. The van der Waals surface area contributed by atoms with E-state index in [-0.39, 0.29) is 16.6 Å². The fourth-order valence-electron chi connectivity index (χ4n) is 2.51. The normalized spacial score (nSPS) is 11.6. The Kier molecular flexibility index (Phi) is 3.63. The van der Waals surface area contributed by atoms with Crippen LogP contribution in [0.2, 0.25) is 0 Å². The highest BCUT2D eigenvalue weighted by molar-refractivity contribution is 6.06. The van der Waals surface area contributed by atoms with Crippen LogP contribution in [0, 0.1) is 0 Å². The smallest absolute Gasteiger partial charge is 0.455 e. The monoisotopic (exact) mass is 333 g/mol. The lowest BCUT2D eigenvalue weighted by atomic mass is 10.1. The fourth-order valence-corrected chi connectivity index (χ4v) is 2.51. The summed E-state index contributed by atoms with van der Waals surface area (Å²) in [5, 5.41) is 10.1. The van der Waals surface area contributed by atoms with E-state index >= 15 is 0 Å². The number of para-hydroxylation sites is 2. The second-order valence-corrected chi connectivity index (χ2v) is 5.04. The number of carbonyl (C=O) groups excluding carboxylic acids is 1. The SMILES string of the molecule is O=C(c1c(O)c2ccccc2n(-c2ccccc2)c1=O)C(F)(F)F. The van der Waals surface area contributed by atoms with Gasteiger partial charge in [-0.15, -0.1) is 0 Å². The van der Waals surface area contributed by atoms with Crippen molar-refractivity contribution in [1.82, 2.24) is 4.57 Å². The third kappa shape index (κ3) is 2.44. The Labute approximate surface area is 133 Å². The maximum absolute atomic E-state index is 12.8. The van der Waals surface area contributed by atoms with Gasteiger partial charge in [0.1, 0.15) is 11.3 Å². The zero-order valence-corrected chi connectivity index (χ0v) is 12.0. The van der Waals surface area contributed by atoms with Crippen molar-refractivity contribution in [1.29, 1.82) is 0 Å². The highest BCUT2D eigenvalue weighted by atomic mass is 19.4. The maximum atomic E-state index is 12.8. The first kappa shape index (κ1) is 15.8. The quantitative estimate of drug-likeness (QED) is 0.731. The summed E-state index contributed by atoms with van der Waals surface area (Å²) in [5.41, 5.74) is -2.02. The number of pyridine rings is 1. The van der Waals surface area contributed by atoms with Gasteiger partial charge in [-0.1, -0.05) is 30.3 Å². The molecule has 1 heterocycles. The van der Waals surface area contributed by atoms with Crippen LogP contribution >= 0.6 is 0 Å². The highest BCUT2D eigenvalue weighted by Gasteiger charge is 2.43. The molecule has 0 saturated carbocycles. The number of nitrogens with zero attached hydrogens (tertiary/aromatic N) is 1. The highest BCUT2D eigenvalue weighted by Crippen LogP contribution is 2.31. The van der Waals surface area contributed by atoms with Crippen LogP contribution in [0.4, 0.5) is 13.2 Å². The van der Waals surface area contributed by atoms with Crippen LogP contribution in [0.15, 0.2) is 59.4 Å². The van der Waals surface area contributed by atoms with E-state index in [0.29, 0.717) is 0 Å². The van der Waals surface area contributed by atoms with E-state index in [4.69, 9.17) is 0 Å². The molecule has 0 aliphatic heterocycles. The number of halogens is 3. The number of ketones is 1. The largest absolute Gasteiger partial charge is 0.506 e. The molecule has 0 amide bonds. The molecule has 7 heteroatoms. The first-order chi connectivity index (χ1) is 11.3. The zero-order chi connectivity index (χ0) is 17.5. The minimum Gasteiger partial charge on any atom is -0.506 e. The standard InChI is InChI=1S/C17H10F3NO3/c18-17(19,20)15(23)13-14(22)11-8-4-5-9-12(11)21(16(13)24)10-6-2-1-3-7-10/h1-9,22H. The molecule has 3 aromatic rings. The number of rotatable bonds is 2. The molecule has 0 spiro atoms. The van der Waals surface area contributed by atoms with E-state index in [1.165, 1.54) is 30.3 Å². The molecule has 4 nitrogen and oxygen atoms in total. The predicted octanol–water partition coefficient (Wildman–Crippen LogP) is 3.44. The van der Waals surface area contributed by atoms with Crippen molar-refractivity contribution in [3.8, 4) is 11.4 Å². The van der Waals surface area contributed by atoms with Crippen molar-refractivity contribution in [2.75, 3.05) is 0 Å². The molecule has 0 aliphatic rings. The molecule has 24 heavy (non-hydrogen) atoms. The van der Waals surface area contributed by atoms with Crippen molar-refractivity contribution >= 4 is 16.7 Å². The summed E-state index contributed by atoms with van der Waals surface area (Å²) in [7, 11) is 0. The average Bonchev–Trinajstić information content (AvgIpc) is 2.55. The van der Waals surface area contributed by atoms with E-state index in [2.05, 4.69) is 0 Å². The van der Waals surface area contributed by atoms with Crippen molar-refractivity contribution < 1.29 is 23.1 Å². The number of Topliss-reactive ketones (excluding diaryl/α,β-unsaturated/α-hetero) is 1. The molecule has 1 aromatic heterocycles. The molecule has 3 rings (SSSR count). The summed E-state index contributed by atoms with van der Waals surface area (Å²) in [4.78, 5) is 24.2. The number of hydrogen-bond acceptors (Lipinski definition) is 3. The maximum Gasteiger partial charge on any atom is 0.455 e. The van der Waals surface area contributed by atoms with Gasteiger partial charge in [-0.05, 0) is 24.3 Å². The van der Waals surface area contributed by atoms with Crippen LogP contribution < -0.4 is 5.56 Å². The molecule has 122 valence electrons. The molecular weight excluding hydrogens is 323 g/mol. The van der Waals surface area contributed by atoms with E-state index in [1.54, 1.807) is 24.3 Å². The lowest BCUT2D eigenvalue weighted by Gasteiger charge is -2.15. The molecule has 0 bridgehead atoms. The molecule has 0 aliphatic carbocycles. The van der Waals surface area contributed by atoms with Crippen LogP contribution in [-0.4, -0.2) is 21.6 Å². The van der Waals surface area contributed by atoms with Gasteiger partial charge in [-0.2, -0.15) is 13.2 Å². The summed E-state index contributed by atoms with van der Waals surface area (Å²) >= 11 is 0. The van der Waals surface area contributed by atoms with Gasteiger partial charge >= 0.3 is 6.18 Å². The van der Waals surface area contributed by atoms with Crippen molar-refractivity contribution in [2.24, 2.45) is 0 Å². The number of carbonyl (C=O) groups is 1. The minimum absolute atomic E-state index is 0.0199. The molecule has 0 unspecified atom stereocenters. The number of fused-ring (bicyclic) bond motifs is 1. The molecule has 2 aromatic carbocycles. The Morgan fingerprint density at radius 2 is 1.54 bits per heavy atom. The minimum atomic E-state index is -5.27.